The van der Waals surface area contributed by atoms with Crippen LogP contribution < -0.4 is 25.4 Å². The number of aryl methyl sites for hydroxylation is 1. The van der Waals surface area contributed by atoms with Crippen molar-refractivity contribution < 1.29 is 19.1 Å². The minimum atomic E-state index is 0.100. The Hall–Kier alpha value is -4.18. The highest BCUT2D eigenvalue weighted by atomic mass is 35.5. The lowest BCUT2D eigenvalue weighted by atomic mass is 9.97. The first-order valence-electron chi connectivity index (χ1n) is 16.3. The number of hydrogen-bond donors (Lipinski definition) is 3. The van der Waals surface area contributed by atoms with Gasteiger partial charge in [0.2, 0.25) is 23.6 Å². The average molecular weight is 689 g/mol. The Morgan fingerprint density at radius 3 is 1.79 bits per heavy atom. The van der Waals surface area contributed by atoms with Gasteiger partial charge in [-0.05, 0) is 44.2 Å². The first-order chi connectivity index (χ1) is 23.3. The summed E-state index contributed by atoms with van der Waals surface area (Å²) in [6.07, 6.45) is 5.57. The van der Waals surface area contributed by atoms with Crippen molar-refractivity contribution >= 4 is 35.0 Å². The molecule has 6 rings (SSSR count). The summed E-state index contributed by atoms with van der Waals surface area (Å²) in [4.78, 5) is 32.6. The van der Waals surface area contributed by atoms with Crippen LogP contribution in [0, 0.1) is 0 Å². The fourth-order valence-electron chi connectivity index (χ4n) is 6.44. The van der Waals surface area contributed by atoms with Gasteiger partial charge in [-0.15, -0.1) is 0 Å². The highest BCUT2D eigenvalue weighted by Crippen LogP contribution is 2.42. The quantitative estimate of drug-likeness (QED) is 0.142. The molecular weight excluding hydrogens is 649 g/mol. The number of amides is 2. The molecule has 4 heterocycles. The first kappa shape index (κ1) is 33.7. The molecule has 4 aromatic rings. The molecule has 0 aliphatic carbocycles. The number of carbonyl (C=O) groups excluding carboxylic acids is 2. The molecule has 2 amide bonds. The van der Waals surface area contributed by atoms with Crippen molar-refractivity contribution in [2.75, 3.05) is 20.8 Å². The van der Waals surface area contributed by atoms with Crippen LogP contribution in [0.1, 0.15) is 49.7 Å². The number of nitrogens with zero attached hydrogens (tertiary/aromatic N) is 2. The second-order valence-corrected chi connectivity index (χ2v) is 12.9. The molecule has 0 bridgehead atoms. The molecule has 2 fully saturated rings. The van der Waals surface area contributed by atoms with Crippen molar-refractivity contribution in [2.24, 2.45) is 0 Å². The molecular formula is C37H39Cl2N5O4. The van der Waals surface area contributed by atoms with Gasteiger partial charge in [-0.25, -0.2) is 9.97 Å². The summed E-state index contributed by atoms with van der Waals surface area (Å²) in [5.74, 6) is 1.31. The summed E-state index contributed by atoms with van der Waals surface area (Å²) in [6, 6.07) is 19.9. The van der Waals surface area contributed by atoms with Gasteiger partial charge in [0, 0.05) is 71.4 Å². The van der Waals surface area contributed by atoms with Gasteiger partial charge in [0.15, 0.2) is 0 Å². The van der Waals surface area contributed by atoms with E-state index in [0.29, 0.717) is 59.1 Å². The number of carbonyl (C=O) groups is 2. The lowest BCUT2D eigenvalue weighted by Crippen LogP contribution is -2.35. The molecule has 0 radical (unpaired) electrons. The van der Waals surface area contributed by atoms with E-state index in [1.54, 1.807) is 14.2 Å². The van der Waals surface area contributed by atoms with Gasteiger partial charge in [-0.2, -0.15) is 0 Å². The van der Waals surface area contributed by atoms with Crippen LogP contribution in [0.4, 0.5) is 0 Å². The molecule has 3 N–H and O–H groups in total. The lowest BCUT2D eigenvalue weighted by molar-refractivity contribution is -0.120. The van der Waals surface area contributed by atoms with E-state index in [1.165, 1.54) is 0 Å². The van der Waals surface area contributed by atoms with Crippen molar-refractivity contribution in [3.05, 3.63) is 81.8 Å². The lowest BCUT2D eigenvalue weighted by Gasteiger charge is -2.16. The van der Waals surface area contributed by atoms with E-state index in [0.717, 1.165) is 65.5 Å². The molecule has 0 spiro atoms. The van der Waals surface area contributed by atoms with Gasteiger partial charge in [0.05, 0.1) is 35.7 Å². The molecule has 9 nitrogen and oxygen atoms in total. The molecule has 2 aliphatic heterocycles. The van der Waals surface area contributed by atoms with Crippen LogP contribution >= 0.6 is 23.2 Å². The third-order valence-corrected chi connectivity index (χ3v) is 9.79. The van der Waals surface area contributed by atoms with Crippen LogP contribution in [0.25, 0.3) is 33.6 Å². The number of aromatic nitrogens is 2. The third kappa shape index (κ3) is 7.59. The zero-order valence-electron chi connectivity index (χ0n) is 27.1. The summed E-state index contributed by atoms with van der Waals surface area (Å²) in [7, 11) is 3.22. The molecule has 2 atom stereocenters. The summed E-state index contributed by atoms with van der Waals surface area (Å²) in [6.45, 7) is 1.23. The van der Waals surface area contributed by atoms with Gasteiger partial charge < -0.3 is 25.4 Å². The number of methoxy groups -OCH3 is 2. The van der Waals surface area contributed by atoms with Crippen LogP contribution in [0.3, 0.4) is 0 Å². The molecule has 2 aromatic carbocycles. The predicted octanol–water partition coefficient (Wildman–Crippen LogP) is 6.77. The molecule has 2 saturated heterocycles. The zero-order chi connectivity index (χ0) is 33.6. The van der Waals surface area contributed by atoms with Crippen molar-refractivity contribution in [3.63, 3.8) is 0 Å². The van der Waals surface area contributed by atoms with Gasteiger partial charge in [-0.1, -0.05) is 71.7 Å². The number of pyridine rings is 2. The summed E-state index contributed by atoms with van der Waals surface area (Å²) < 4.78 is 11.3. The van der Waals surface area contributed by atoms with Gasteiger partial charge in [-0.3, -0.25) is 9.59 Å². The fourth-order valence-corrected chi connectivity index (χ4v) is 7.09. The van der Waals surface area contributed by atoms with Crippen LogP contribution in [-0.2, 0) is 22.6 Å². The second-order valence-electron chi connectivity index (χ2n) is 12.2. The Kier molecular flexibility index (Phi) is 10.8. The first-order valence-corrected chi connectivity index (χ1v) is 17.1. The number of benzene rings is 2. The molecule has 0 unspecified atom stereocenters. The maximum absolute atomic E-state index is 11.5. The van der Waals surface area contributed by atoms with Crippen LogP contribution in [-0.4, -0.2) is 54.6 Å². The van der Waals surface area contributed by atoms with Crippen molar-refractivity contribution in [1.29, 1.82) is 0 Å². The average Bonchev–Trinajstić information content (AvgIpc) is 3.72. The SMILES string of the molecule is COc1nc(-c2cccc(-c3cccc(-c4ccc(CNC[C@@H]5CCC(=O)N5)c(OC)n4)c3Cl)c2Cl)ccc1CCC[C@H]1CCC(=O)N1. The fraction of sp³-hybridized carbons (Fsp3) is 0.351. The highest BCUT2D eigenvalue weighted by molar-refractivity contribution is 6.39. The normalized spacial score (nSPS) is 17.3. The molecule has 0 saturated carbocycles. The largest absolute Gasteiger partial charge is 0.481 e. The Morgan fingerprint density at radius 2 is 1.25 bits per heavy atom. The smallest absolute Gasteiger partial charge is 0.220 e. The predicted molar refractivity (Wildman–Crippen MR) is 188 cm³/mol. The Bertz CT molecular complexity index is 1690. The van der Waals surface area contributed by atoms with E-state index < -0.39 is 0 Å². The molecule has 48 heavy (non-hydrogen) atoms. The number of halogens is 2. The maximum Gasteiger partial charge on any atom is 0.220 e. The van der Waals surface area contributed by atoms with Crippen molar-refractivity contribution in [1.82, 2.24) is 25.9 Å². The number of ether oxygens (including phenoxy) is 2. The zero-order valence-corrected chi connectivity index (χ0v) is 28.6. The highest BCUT2D eigenvalue weighted by Gasteiger charge is 2.22. The minimum Gasteiger partial charge on any atom is -0.481 e. The molecule has 2 aromatic heterocycles. The van der Waals surface area contributed by atoms with Crippen molar-refractivity contribution in [2.45, 2.75) is 63.6 Å². The van der Waals surface area contributed by atoms with Gasteiger partial charge in [0.25, 0.3) is 0 Å². The van der Waals surface area contributed by atoms with Gasteiger partial charge in [0.1, 0.15) is 0 Å². The van der Waals surface area contributed by atoms with E-state index in [4.69, 9.17) is 42.6 Å². The third-order valence-electron chi connectivity index (χ3n) is 8.98. The van der Waals surface area contributed by atoms with E-state index in [9.17, 15) is 9.59 Å². The topological polar surface area (TPSA) is 114 Å². The number of hydrogen-bond acceptors (Lipinski definition) is 7. The Balaban J connectivity index is 1.20. The summed E-state index contributed by atoms with van der Waals surface area (Å²) in [5, 5.41) is 10.5. The Labute approximate surface area is 290 Å². The number of nitrogens with one attached hydrogen (secondary N) is 3. The Morgan fingerprint density at radius 1 is 0.729 bits per heavy atom. The minimum absolute atomic E-state index is 0.100. The van der Waals surface area contributed by atoms with E-state index in [1.807, 2.05) is 60.7 Å². The van der Waals surface area contributed by atoms with E-state index >= 15 is 0 Å². The maximum atomic E-state index is 11.5. The molecule has 11 heteroatoms. The number of rotatable bonds is 13. The van der Waals surface area contributed by atoms with Crippen LogP contribution in [0.15, 0.2) is 60.7 Å². The van der Waals surface area contributed by atoms with E-state index in [-0.39, 0.29) is 23.9 Å². The monoisotopic (exact) mass is 687 g/mol. The van der Waals surface area contributed by atoms with Crippen LogP contribution in [0.2, 0.25) is 10.0 Å². The van der Waals surface area contributed by atoms with Gasteiger partial charge >= 0.3 is 0 Å². The molecule has 250 valence electrons. The standard InChI is InChI=1S/C37H39Cl2N5O4/c1-47-36-22(6-3-7-24-14-18-32(45)41-24)12-16-30(43-36)28-10-4-8-26(34(28)38)27-9-5-11-29(35(27)39)31-17-13-23(37(44-31)48-2)20-40-21-25-15-19-33(46)42-25/h4-5,8-13,16-17,24-25,40H,3,6-7,14-15,18-21H2,1-2H3,(H,41,45)(H,42,46)/t24-,25-/m0/s1. The van der Waals surface area contributed by atoms with Crippen molar-refractivity contribution in [3.8, 4) is 45.4 Å². The summed E-state index contributed by atoms with van der Waals surface area (Å²) in [5.41, 5.74) is 6.36. The van der Waals surface area contributed by atoms with E-state index in [2.05, 4.69) is 16.0 Å². The summed E-state index contributed by atoms with van der Waals surface area (Å²) >= 11 is 14.2. The molecule has 2 aliphatic rings. The van der Waals surface area contributed by atoms with Crippen LogP contribution in [0.5, 0.6) is 11.8 Å². The second kappa shape index (κ2) is 15.4.